The molecule has 0 bridgehead atoms. The molecule has 92 valence electrons. The molecular formula is C13H23NO2. The van der Waals surface area contributed by atoms with Crippen LogP contribution in [0.25, 0.3) is 0 Å². The van der Waals surface area contributed by atoms with Gasteiger partial charge < -0.3 is 10.4 Å². The van der Waals surface area contributed by atoms with E-state index in [1.165, 1.54) is 0 Å². The third-order valence-corrected chi connectivity index (χ3v) is 2.48. The Morgan fingerprint density at radius 3 is 2.38 bits per heavy atom. The van der Waals surface area contributed by atoms with Gasteiger partial charge in [-0.15, -0.1) is 13.2 Å². The van der Waals surface area contributed by atoms with E-state index in [1.54, 1.807) is 0 Å². The number of rotatable bonds is 11. The van der Waals surface area contributed by atoms with Gasteiger partial charge in [0.15, 0.2) is 0 Å². The zero-order chi connectivity index (χ0) is 12.2. The molecule has 2 N–H and O–H groups in total. The van der Waals surface area contributed by atoms with Gasteiger partial charge in [-0.1, -0.05) is 12.2 Å². The molecule has 0 unspecified atom stereocenters. The summed E-state index contributed by atoms with van der Waals surface area (Å²) >= 11 is 0. The summed E-state index contributed by atoms with van der Waals surface area (Å²) in [6.07, 6.45) is 8.37. The third-order valence-electron chi connectivity index (χ3n) is 2.48. The predicted octanol–water partition coefficient (Wildman–Crippen LogP) is 2.60. The summed E-state index contributed by atoms with van der Waals surface area (Å²) in [6.45, 7) is 8.93. The van der Waals surface area contributed by atoms with E-state index >= 15 is 0 Å². The van der Waals surface area contributed by atoms with Crippen molar-refractivity contribution in [3.63, 3.8) is 0 Å². The molecule has 0 rings (SSSR count). The molecule has 0 radical (unpaired) electrons. The zero-order valence-electron chi connectivity index (χ0n) is 9.95. The smallest absolute Gasteiger partial charge is 0.304 e. The number of aliphatic carboxylic acids is 1. The first-order chi connectivity index (χ1) is 7.70. The van der Waals surface area contributed by atoms with E-state index in [0.29, 0.717) is 12.5 Å². The van der Waals surface area contributed by atoms with Gasteiger partial charge in [-0.05, 0) is 38.1 Å². The number of hydrogen-bond donors (Lipinski definition) is 2. The Kier molecular flexibility index (Phi) is 9.72. The maximum Gasteiger partial charge on any atom is 0.304 e. The van der Waals surface area contributed by atoms with Crippen molar-refractivity contribution >= 4 is 5.97 Å². The third kappa shape index (κ3) is 9.46. The van der Waals surface area contributed by atoms with E-state index in [-0.39, 0.29) is 6.42 Å². The lowest BCUT2D eigenvalue weighted by molar-refractivity contribution is -0.136. The number of allylic oxidation sites excluding steroid dienone is 2. The van der Waals surface area contributed by atoms with Crippen LogP contribution in [-0.4, -0.2) is 24.2 Å². The lowest BCUT2D eigenvalue weighted by Crippen LogP contribution is -2.19. The van der Waals surface area contributed by atoms with Gasteiger partial charge in [0, 0.05) is 6.54 Å². The lowest BCUT2D eigenvalue weighted by Gasteiger charge is -2.12. The van der Waals surface area contributed by atoms with E-state index in [2.05, 4.69) is 18.5 Å². The van der Waals surface area contributed by atoms with Crippen molar-refractivity contribution in [3.8, 4) is 0 Å². The average Bonchev–Trinajstić information content (AvgIpc) is 2.23. The van der Waals surface area contributed by atoms with Gasteiger partial charge in [0.05, 0.1) is 6.42 Å². The Hall–Kier alpha value is -1.09. The molecule has 0 fully saturated rings. The lowest BCUT2D eigenvalue weighted by atomic mass is 9.96. The number of carboxylic acids is 1. The normalized spacial score (nSPS) is 10.3. The molecule has 0 atom stereocenters. The van der Waals surface area contributed by atoms with Crippen molar-refractivity contribution in [2.24, 2.45) is 5.92 Å². The fourth-order valence-electron chi connectivity index (χ4n) is 1.64. The summed E-state index contributed by atoms with van der Waals surface area (Å²) < 4.78 is 0. The monoisotopic (exact) mass is 225 g/mol. The van der Waals surface area contributed by atoms with Gasteiger partial charge in [0.2, 0.25) is 0 Å². The van der Waals surface area contributed by atoms with Gasteiger partial charge in [0.25, 0.3) is 0 Å². The molecular weight excluding hydrogens is 202 g/mol. The standard InChI is InChI=1S/C13H23NO2/c1-3-6-12(7-4-2)8-5-10-14-11-9-13(15)16/h3-4,12,14H,1-2,5-11H2,(H,15,16). The Morgan fingerprint density at radius 1 is 1.25 bits per heavy atom. The molecule has 0 aromatic carbocycles. The Balaban J connectivity index is 3.42. The highest BCUT2D eigenvalue weighted by atomic mass is 16.4. The largest absolute Gasteiger partial charge is 0.481 e. The van der Waals surface area contributed by atoms with Crippen LogP contribution in [0.15, 0.2) is 25.3 Å². The van der Waals surface area contributed by atoms with E-state index in [0.717, 1.165) is 32.2 Å². The topological polar surface area (TPSA) is 49.3 Å². The van der Waals surface area contributed by atoms with E-state index in [4.69, 9.17) is 5.11 Å². The van der Waals surface area contributed by atoms with Gasteiger partial charge in [-0.3, -0.25) is 4.79 Å². The number of nitrogens with one attached hydrogen (secondary N) is 1. The van der Waals surface area contributed by atoms with Gasteiger partial charge >= 0.3 is 5.97 Å². The van der Waals surface area contributed by atoms with Gasteiger partial charge in [-0.25, -0.2) is 0 Å². The first-order valence-electron chi connectivity index (χ1n) is 5.85. The summed E-state index contributed by atoms with van der Waals surface area (Å²) in [5.74, 6) is -0.111. The second-order valence-electron chi connectivity index (χ2n) is 3.95. The van der Waals surface area contributed by atoms with Crippen LogP contribution in [-0.2, 0) is 4.79 Å². The molecule has 0 saturated heterocycles. The first-order valence-corrected chi connectivity index (χ1v) is 5.85. The minimum absolute atomic E-state index is 0.197. The first kappa shape index (κ1) is 14.9. The molecule has 0 aliphatic rings. The van der Waals surface area contributed by atoms with Crippen molar-refractivity contribution in [1.82, 2.24) is 5.32 Å². The van der Waals surface area contributed by atoms with Crippen molar-refractivity contribution in [3.05, 3.63) is 25.3 Å². The van der Waals surface area contributed by atoms with E-state index in [9.17, 15) is 4.79 Å². The highest BCUT2D eigenvalue weighted by Crippen LogP contribution is 2.15. The molecule has 0 spiro atoms. The molecule has 0 aliphatic carbocycles. The number of hydrogen-bond acceptors (Lipinski definition) is 2. The summed E-state index contributed by atoms with van der Waals surface area (Å²) in [5, 5.41) is 11.6. The van der Waals surface area contributed by atoms with Crippen molar-refractivity contribution in [2.75, 3.05) is 13.1 Å². The number of carbonyl (C=O) groups is 1. The van der Waals surface area contributed by atoms with Crippen LogP contribution in [0, 0.1) is 5.92 Å². The summed E-state index contributed by atoms with van der Waals surface area (Å²) in [6, 6.07) is 0. The minimum Gasteiger partial charge on any atom is -0.481 e. The molecule has 0 aliphatic heterocycles. The quantitative estimate of drug-likeness (QED) is 0.420. The van der Waals surface area contributed by atoms with E-state index in [1.807, 2.05) is 12.2 Å². The zero-order valence-corrected chi connectivity index (χ0v) is 9.95. The van der Waals surface area contributed by atoms with Crippen molar-refractivity contribution < 1.29 is 9.90 Å². The second-order valence-corrected chi connectivity index (χ2v) is 3.95. The molecule has 0 amide bonds. The van der Waals surface area contributed by atoms with Crippen LogP contribution in [0.2, 0.25) is 0 Å². The maximum absolute atomic E-state index is 10.2. The van der Waals surface area contributed by atoms with Crippen molar-refractivity contribution in [2.45, 2.75) is 32.1 Å². The van der Waals surface area contributed by atoms with Crippen LogP contribution in [0.3, 0.4) is 0 Å². The van der Waals surface area contributed by atoms with Crippen molar-refractivity contribution in [1.29, 1.82) is 0 Å². The Labute approximate surface area is 98.2 Å². The molecule has 3 nitrogen and oxygen atoms in total. The highest BCUT2D eigenvalue weighted by Gasteiger charge is 2.04. The predicted molar refractivity (Wildman–Crippen MR) is 67.5 cm³/mol. The van der Waals surface area contributed by atoms with E-state index < -0.39 is 5.97 Å². The molecule has 16 heavy (non-hydrogen) atoms. The van der Waals surface area contributed by atoms with Crippen LogP contribution >= 0.6 is 0 Å². The highest BCUT2D eigenvalue weighted by molar-refractivity contribution is 5.66. The average molecular weight is 225 g/mol. The SMILES string of the molecule is C=CCC(CC=C)CCCNCCC(=O)O. The number of carboxylic acid groups (broad SMARTS) is 1. The van der Waals surface area contributed by atoms with Crippen LogP contribution in [0.1, 0.15) is 32.1 Å². The molecule has 0 saturated carbocycles. The molecule has 3 heteroatoms. The van der Waals surface area contributed by atoms with Crippen LogP contribution in [0.4, 0.5) is 0 Å². The Bertz CT molecular complexity index is 204. The minimum atomic E-state index is -0.747. The molecule has 0 heterocycles. The summed E-state index contributed by atoms with van der Waals surface area (Å²) in [7, 11) is 0. The summed E-state index contributed by atoms with van der Waals surface area (Å²) in [5.41, 5.74) is 0. The molecule has 0 aromatic heterocycles. The van der Waals surface area contributed by atoms with Gasteiger partial charge in [-0.2, -0.15) is 0 Å². The Morgan fingerprint density at radius 2 is 1.88 bits per heavy atom. The van der Waals surface area contributed by atoms with Crippen LogP contribution < -0.4 is 5.32 Å². The van der Waals surface area contributed by atoms with Gasteiger partial charge in [0.1, 0.15) is 0 Å². The fraction of sp³-hybridized carbons (Fsp3) is 0.615. The fourth-order valence-corrected chi connectivity index (χ4v) is 1.64. The molecule has 0 aromatic rings. The summed E-state index contributed by atoms with van der Waals surface area (Å²) in [4.78, 5) is 10.2. The second kappa shape index (κ2) is 10.4. The van der Waals surface area contributed by atoms with Crippen LogP contribution in [0.5, 0.6) is 0 Å². The maximum atomic E-state index is 10.2.